The van der Waals surface area contributed by atoms with Gasteiger partial charge in [0.1, 0.15) is 18.6 Å². The Bertz CT molecular complexity index is 1320. The van der Waals surface area contributed by atoms with Crippen molar-refractivity contribution in [2.24, 2.45) is 23.2 Å². The summed E-state index contributed by atoms with van der Waals surface area (Å²) in [6.07, 6.45) is 4.27. The molecular weight excluding hydrogens is 550 g/mol. The zero-order chi connectivity index (χ0) is 28.6. The van der Waals surface area contributed by atoms with Gasteiger partial charge in [0.15, 0.2) is 0 Å². The van der Waals surface area contributed by atoms with Crippen LogP contribution in [0.25, 0.3) is 0 Å². The summed E-state index contributed by atoms with van der Waals surface area (Å²) >= 11 is 1.48. The highest BCUT2D eigenvalue weighted by Crippen LogP contribution is 2.53. The highest BCUT2D eigenvalue weighted by atomic mass is 32.2. The van der Waals surface area contributed by atoms with E-state index < -0.39 is 17.9 Å². The Hall–Kier alpha value is -3.04. The van der Waals surface area contributed by atoms with Crippen LogP contribution in [0.4, 0.5) is 0 Å². The normalized spacial score (nSPS) is 37.8. The Morgan fingerprint density at radius 2 is 2.12 bits per heavy atom. The SMILES string of the molecule is CC(NC(=O)Cn1cnnn1)[C@H]1C(=O)N2C(C(=O)O)=C(SC3CN[C@H](C(=O)N4CC5CC6CC5(CN6)C4)C3)C(C)[C@H]12. The van der Waals surface area contributed by atoms with E-state index in [4.69, 9.17) is 0 Å². The lowest BCUT2D eigenvalue weighted by Gasteiger charge is -2.47. The molecule has 4 saturated heterocycles. The Labute approximate surface area is 241 Å². The summed E-state index contributed by atoms with van der Waals surface area (Å²) in [4.78, 5) is 55.6. The largest absolute Gasteiger partial charge is 0.477 e. The first-order valence-corrected chi connectivity index (χ1v) is 15.3. The van der Waals surface area contributed by atoms with Crippen molar-refractivity contribution in [2.75, 3.05) is 26.2 Å². The van der Waals surface area contributed by atoms with Crippen molar-refractivity contribution >= 4 is 35.5 Å². The van der Waals surface area contributed by atoms with Crippen LogP contribution in [0.5, 0.6) is 0 Å². The number of carbonyl (C=O) groups is 4. The van der Waals surface area contributed by atoms with Crippen LogP contribution in [0.1, 0.15) is 33.1 Å². The molecule has 14 nitrogen and oxygen atoms in total. The summed E-state index contributed by atoms with van der Waals surface area (Å²) in [5.41, 5.74) is 0.277. The fraction of sp³-hybridized carbons (Fsp3) is 0.731. The maximum absolute atomic E-state index is 13.5. The molecule has 9 atom stereocenters. The lowest BCUT2D eigenvalue weighted by atomic mass is 9.78. The number of carboxylic acids is 1. The van der Waals surface area contributed by atoms with E-state index in [-0.39, 0.29) is 58.6 Å². The minimum Gasteiger partial charge on any atom is -0.477 e. The average molecular weight is 586 g/mol. The van der Waals surface area contributed by atoms with Crippen molar-refractivity contribution in [1.82, 2.24) is 46.0 Å². The van der Waals surface area contributed by atoms with Crippen molar-refractivity contribution in [1.29, 1.82) is 0 Å². The number of carbonyl (C=O) groups excluding carboxylic acids is 3. The Morgan fingerprint density at radius 1 is 1.29 bits per heavy atom. The summed E-state index contributed by atoms with van der Waals surface area (Å²) in [5.74, 6) is -1.77. The van der Waals surface area contributed by atoms with E-state index in [0.717, 1.165) is 26.1 Å². The molecule has 5 fully saturated rings. The van der Waals surface area contributed by atoms with Crippen LogP contribution in [0.15, 0.2) is 16.9 Å². The van der Waals surface area contributed by atoms with E-state index in [2.05, 4.69) is 31.5 Å². The number of nitrogens with one attached hydrogen (secondary N) is 3. The number of hydrogen-bond donors (Lipinski definition) is 4. The molecule has 220 valence electrons. The van der Waals surface area contributed by atoms with Crippen LogP contribution in [0, 0.1) is 23.2 Å². The van der Waals surface area contributed by atoms with Crippen LogP contribution in [0.2, 0.25) is 0 Å². The summed E-state index contributed by atoms with van der Waals surface area (Å²) in [6, 6.07) is -0.505. The second-order valence-corrected chi connectivity index (χ2v) is 14.0. The van der Waals surface area contributed by atoms with Gasteiger partial charge >= 0.3 is 5.97 Å². The first kappa shape index (κ1) is 26.8. The molecule has 15 heteroatoms. The van der Waals surface area contributed by atoms with E-state index in [1.165, 1.54) is 34.1 Å². The number of hydrogen-bond acceptors (Lipinski definition) is 10. The number of aliphatic carboxylic acids is 1. The second kappa shape index (κ2) is 9.76. The number of thioether (sulfide) groups is 1. The summed E-state index contributed by atoms with van der Waals surface area (Å²) in [6.45, 7) is 6.90. The molecule has 6 unspecified atom stereocenters. The number of amides is 3. The zero-order valence-corrected chi connectivity index (χ0v) is 23.8. The number of rotatable bonds is 8. The molecule has 0 radical (unpaired) electrons. The molecule has 6 heterocycles. The van der Waals surface area contributed by atoms with Gasteiger partial charge in [-0.25, -0.2) is 9.48 Å². The predicted octanol–water partition coefficient (Wildman–Crippen LogP) is -1.38. The third-order valence-electron chi connectivity index (χ3n) is 10.2. The first-order valence-electron chi connectivity index (χ1n) is 14.4. The number of piperidine rings is 1. The molecule has 7 rings (SSSR count). The van der Waals surface area contributed by atoms with Crippen molar-refractivity contribution < 1.29 is 24.3 Å². The molecule has 1 aliphatic carbocycles. The second-order valence-electron chi connectivity index (χ2n) is 12.6. The van der Waals surface area contributed by atoms with Crippen molar-refractivity contribution in [2.45, 2.75) is 69.1 Å². The van der Waals surface area contributed by atoms with Gasteiger partial charge in [0.25, 0.3) is 0 Å². The molecule has 6 aliphatic rings. The van der Waals surface area contributed by atoms with Crippen LogP contribution < -0.4 is 16.0 Å². The smallest absolute Gasteiger partial charge is 0.353 e. The van der Waals surface area contributed by atoms with Gasteiger partial charge in [-0.15, -0.1) is 16.9 Å². The van der Waals surface area contributed by atoms with Gasteiger partial charge in [-0.2, -0.15) is 0 Å². The maximum Gasteiger partial charge on any atom is 0.353 e. The van der Waals surface area contributed by atoms with Crippen LogP contribution in [0.3, 0.4) is 0 Å². The van der Waals surface area contributed by atoms with Gasteiger partial charge in [0.05, 0.1) is 18.0 Å². The maximum atomic E-state index is 13.5. The Kier molecular flexibility index (Phi) is 6.39. The Morgan fingerprint density at radius 3 is 2.83 bits per heavy atom. The highest BCUT2D eigenvalue weighted by Gasteiger charge is 2.61. The van der Waals surface area contributed by atoms with E-state index in [1.54, 1.807) is 6.92 Å². The number of tetrazole rings is 1. The van der Waals surface area contributed by atoms with E-state index in [9.17, 15) is 24.3 Å². The number of β-lactam (4-membered cyclic amide) rings is 1. The minimum atomic E-state index is -1.13. The molecule has 1 spiro atoms. The summed E-state index contributed by atoms with van der Waals surface area (Å²) in [7, 11) is 0. The molecule has 41 heavy (non-hydrogen) atoms. The lowest BCUT2D eigenvalue weighted by Crippen LogP contribution is -2.66. The van der Waals surface area contributed by atoms with E-state index in [0.29, 0.717) is 29.8 Å². The monoisotopic (exact) mass is 585 g/mol. The molecule has 1 aromatic heterocycles. The molecule has 3 amide bonds. The van der Waals surface area contributed by atoms with Crippen molar-refractivity contribution in [3.05, 3.63) is 16.9 Å². The van der Waals surface area contributed by atoms with Crippen molar-refractivity contribution in [3.63, 3.8) is 0 Å². The van der Waals surface area contributed by atoms with Crippen LogP contribution in [-0.2, 0) is 25.7 Å². The van der Waals surface area contributed by atoms with Crippen LogP contribution >= 0.6 is 11.8 Å². The standard InChI is InChI=1S/C26H35N9O5S/c1-12-20-19(13(2)30-18(36)8-34-11-29-31-32-34)24(38)35(20)21(25(39)40)22(12)41-16-4-17(27-6-16)23(37)33-7-14-3-15-5-26(14,10-33)9-28-15/h11-17,19-20,27-28H,3-10H2,1-2H3,(H,30,36)(H,39,40)/t12?,13?,14?,15?,16?,17-,19+,20+,26?/m0/s1. The Balaban J connectivity index is 0.989. The minimum absolute atomic E-state index is 0.0224. The number of likely N-dealkylation sites (tertiary alicyclic amines) is 1. The highest BCUT2D eigenvalue weighted by molar-refractivity contribution is 8.03. The van der Waals surface area contributed by atoms with Crippen molar-refractivity contribution in [3.8, 4) is 0 Å². The molecular formula is C26H35N9O5S. The van der Waals surface area contributed by atoms with Gasteiger partial charge in [0, 0.05) is 59.8 Å². The zero-order valence-electron chi connectivity index (χ0n) is 23.0. The summed E-state index contributed by atoms with van der Waals surface area (Å²) < 4.78 is 1.29. The average Bonchev–Trinajstić information content (AvgIpc) is 3.75. The fourth-order valence-corrected chi connectivity index (χ4v) is 9.80. The lowest BCUT2D eigenvalue weighted by molar-refractivity contribution is -0.158. The van der Waals surface area contributed by atoms with Gasteiger partial charge in [0.2, 0.25) is 17.7 Å². The molecule has 4 N–H and O–H groups in total. The summed E-state index contributed by atoms with van der Waals surface area (Å²) in [5, 5.41) is 30.7. The van der Waals surface area contributed by atoms with Crippen LogP contribution in [-0.4, -0.2) is 114 Å². The first-order chi connectivity index (χ1) is 19.6. The number of nitrogens with zero attached hydrogens (tertiary/aromatic N) is 6. The number of aromatic nitrogens is 4. The van der Waals surface area contributed by atoms with E-state index >= 15 is 0 Å². The molecule has 2 bridgehead atoms. The fourth-order valence-electron chi connectivity index (χ4n) is 8.32. The van der Waals surface area contributed by atoms with Gasteiger partial charge in [-0.05, 0) is 42.5 Å². The third-order valence-corrected chi connectivity index (χ3v) is 11.7. The topological polar surface area (TPSA) is 175 Å². The van der Waals surface area contributed by atoms with E-state index in [1.807, 2.05) is 11.8 Å². The van der Waals surface area contributed by atoms with Gasteiger partial charge in [-0.1, -0.05) is 6.92 Å². The number of carboxylic acid groups (broad SMARTS) is 1. The molecule has 1 saturated carbocycles. The molecule has 1 aromatic rings. The van der Waals surface area contributed by atoms with Gasteiger partial charge < -0.3 is 30.9 Å². The quantitative estimate of drug-likeness (QED) is 0.265. The number of fused-ring (bicyclic) bond motifs is 2. The molecule has 0 aromatic carbocycles. The van der Waals surface area contributed by atoms with Gasteiger partial charge in [-0.3, -0.25) is 14.4 Å². The molecule has 5 aliphatic heterocycles. The third kappa shape index (κ3) is 4.26. The predicted molar refractivity (Wildman–Crippen MR) is 145 cm³/mol.